The van der Waals surface area contributed by atoms with E-state index in [1.54, 1.807) is 7.11 Å². The molecule has 3 nitrogen and oxygen atoms in total. The van der Waals surface area contributed by atoms with Crippen LogP contribution in [0.25, 0.3) is 0 Å². The van der Waals surface area contributed by atoms with Gasteiger partial charge in [-0.05, 0) is 63.4 Å². The van der Waals surface area contributed by atoms with Crippen LogP contribution >= 0.6 is 0 Å². The second-order valence-corrected chi connectivity index (χ2v) is 6.26. The molecule has 1 unspecified atom stereocenters. The molecule has 1 saturated heterocycles. The first kappa shape index (κ1) is 17.8. The highest BCUT2D eigenvalue weighted by molar-refractivity contribution is 5.47. The number of nitrogen functional groups attached to an aromatic ring is 1. The highest BCUT2D eigenvalue weighted by atomic mass is 16.5. The van der Waals surface area contributed by atoms with Crippen molar-refractivity contribution < 1.29 is 4.74 Å². The lowest BCUT2D eigenvalue weighted by molar-refractivity contribution is 0.175. The fourth-order valence-electron chi connectivity index (χ4n) is 2.77. The number of nitrogens with zero attached hydrogens (tertiary/aromatic N) is 1. The van der Waals surface area contributed by atoms with E-state index in [1.807, 2.05) is 25.1 Å². The van der Waals surface area contributed by atoms with Crippen LogP contribution in [0.4, 0.5) is 5.69 Å². The van der Waals surface area contributed by atoms with Crippen LogP contribution in [0.1, 0.15) is 38.7 Å². The average Bonchev–Trinajstić information content (AvgIpc) is 2.50. The van der Waals surface area contributed by atoms with Crippen LogP contribution in [0.2, 0.25) is 0 Å². The van der Waals surface area contributed by atoms with Crippen molar-refractivity contribution in [1.82, 2.24) is 4.90 Å². The molecule has 1 atom stereocenters. The molecule has 0 aromatic heterocycles. The maximum absolute atomic E-state index is 5.52. The topological polar surface area (TPSA) is 38.5 Å². The van der Waals surface area contributed by atoms with Crippen LogP contribution in [-0.4, -0.2) is 32.1 Å². The molecule has 21 heavy (non-hydrogen) atoms. The summed E-state index contributed by atoms with van der Waals surface area (Å²) in [5, 5.41) is 0. The Morgan fingerprint density at radius 1 is 1.33 bits per heavy atom. The molecule has 1 aromatic rings. The Hall–Kier alpha value is -1.22. The predicted molar refractivity (Wildman–Crippen MR) is 91.8 cm³/mol. The highest BCUT2D eigenvalue weighted by Gasteiger charge is 2.20. The summed E-state index contributed by atoms with van der Waals surface area (Å²) in [6.07, 6.45) is 4.20. The third-order valence-electron chi connectivity index (χ3n) is 4.64. The Bertz CT molecular complexity index is 412. The van der Waals surface area contributed by atoms with Crippen molar-refractivity contribution in [2.45, 2.75) is 40.0 Å². The molecule has 0 spiro atoms. The number of benzene rings is 1. The van der Waals surface area contributed by atoms with Crippen molar-refractivity contribution in [2.75, 3.05) is 33.0 Å². The number of ether oxygens (including phenoxy) is 1. The fraction of sp³-hybridized carbons (Fsp3) is 0.667. The van der Waals surface area contributed by atoms with Gasteiger partial charge < -0.3 is 15.4 Å². The molecule has 0 amide bonds. The summed E-state index contributed by atoms with van der Waals surface area (Å²) < 4.78 is 5.05. The summed E-state index contributed by atoms with van der Waals surface area (Å²) in [7, 11) is 3.87. The Kier molecular flexibility index (Phi) is 7.58. The highest BCUT2D eigenvalue weighted by Crippen LogP contribution is 2.25. The summed E-state index contributed by atoms with van der Waals surface area (Å²) in [6, 6.07) is 5.61. The molecule has 0 radical (unpaired) electrons. The van der Waals surface area contributed by atoms with Gasteiger partial charge in [0.1, 0.15) is 5.75 Å². The summed E-state index contributed by atoms with van der Waals surface area (Å²) in [4.78, 5) is 2.44. The van der Waals surface area contributed by atoms with Crippen molar-refractivity contribution >= 4 is 5.69 Å². The number of anilines is 1. The van der Waals surface area contributed by atoms with Gasteiger partial charge >= 0.3 is 0 Å². The molecule has 120 valence electrons. The molecule has 2 N–H and O–H groups in total. The lowest BCUT2D eigenvalue weighted by Crippen LogP contribution is -2.32. The molecule has 2 rings (SSSR count). The monoisotopic (exact) mass is 292 g/mol. The maximum atomic E-state index is 5.52. The number of rotatable bonds is 3. The van der Waals surface area contributed by atoms with E-state index in [0.29, 0.717) is 0 Å². The zero-order valence-corrected chi connectivity index (χ0v) is 14.4. The minimum Gasteiger partial charge on any atom is -0.496 e. The Labute approximate surface area is 130 Å². The van der Waals surface area contributed by atoms with Crippen LogP contribution in [0, 0.1) is 18.8 Å². The van der Waals surface area contributed by atoms with Crippen molar-refractivity contribution in [3.05, 3.63) is 23.8 Å². The van der Waals surface area contributed by atoms with E-state index >= 15 is 0 Å². The first-order valence-corrected chi connectivity index (χ1v) is 8.06. The molecule has 0 bridgehead atoms. The van der Waals surface area contributed by atoms with E-state index in [-0.39, 0.29) is 0 Å². The fourth-order valence-corrected chi connectivity index (χ4v) is 2.77. The zero-order chi connectivity index (χ0) is 15.8. The quantitative estimate of drug-likeness (QED) is 0.857. The first-order chi connectivity index (χ1) is 9.97. The van der Waals surface area contributed by atoms with E-state index in [1.165, 1.54) is 32.4 Å². The average molecular weight is 292 g/mol. The number of aryl methyl sites for hydroxylation is 1. The third kappa shape index (κ3) is 5.96. The predicted octanol–water partition coefficient (Wildman–Crippen LogP) is 3.96. The summed E-state index contributed by atoms with van der Waals surface area (Å²) >= 11 is 0. The lowest BCUT2D eigenvalue weighted by Gasteiger charge is -2.32. The Morgan fingerprint density at radius 2 is 1.95 bits per heavy atom. The maximum Gasteiger partial charge on any atom is 0.123 e. The van der Waals surface area contributed by atoms with Crippen LogP contribution in [0.15, 0.2) is 18.2 Å². The van der Waals surface area contributed by atoms with Gasteiger partial charge in [0, 0.05) is 11.8 Å². The minimum atomic E-state index is 0.738. The number of likely N-dealkylation sites (tertiary alicyclic amines) is 1. The van der Waals surface area contributed by atoms with Crippen LogP contribution in [-0.2, 0) is 0 Å². The molecule has 1 aromatic carbocycles. The second kappa shape index (κ2) is 8.93. The lowest BCUT2D eigenvalue weighted by atomic mass is 9.84. The van der Waals surface area contributed by atoms with Gasteiger partial charge in [0.2, 0.25) is 0 Å². The standard InChI is InChI=1S/C10H21N.C8H11NO/c1-4-9(2)10-5-7-11(3)8-6-10;1-6-3-4-7(9)5-8(6)10-2/h9-10H,4-8H2,1-3H3;3-5H,9H2,1-2H3. The van der Waals surface area contributed by atoms with Crippen molar-refractivity contribution in [1.29, 1.82) is 0 Å². The van der Waals surface area contributed by atoms with Gasteiger partial charge in [0.05, 0.1) is 7.11 Å². The second-order valence-electron chi connectivity index (χ2n) is 6.26. The van der Waals surface area contributed by atoms with Gasteiger partial charge in [0.25, 0.3) is 0 Å². The van der Waals surface area contributed by atoms with Crippen LogP contribution in [0.3, 0.4) is 0 Å². The molecule has 1 fully saturated rings. The smallest absolute Gasteiger partial charge is 0.123 e. The summed E-state index contributed by atoms with van der Waals surface area (Å²) in [5.41, 5.74) is 7.37. The summed E-state index contributed by atoms with van der Waals surface area (Å²) in [6.45, 7) is 9.32. The number of methoxy groups -OCH3 is 1. The van der Waals surface area contributed by atoms with Crippen molar-refractivity contribution in [2.24, 2.45) is 11.8 Å². The Morgan fingerprint density at radius 3 is 2.43 bits per heavy atom. The largest absolute Gasteiger partial charge is 0.496 e. The molecule has 1 aliphatic heterocycles. The molecule has 1 heterocycles. The van der Waals surface area contributed by atoms with Crippen molar-refractivity contribution in [3.63, 3.8) is 0 Å². The van der Waals surface area contributed by atoms with E-state index in [0.717, 1.165) is 28.8 Å². The van der Waals surface area contributed by atoms with E-state index in [2.05, 4.69) is 25.8 Å². The Balaban J connectivity index is 0.000000211. The number of nitrogens with two attached hydrogens (primary N) is 1. The van der Waals surface area contributed by atoms with Gasteiger partial charge in [-0.1, -0.05) is 26.3 Å². The SMILES string of the molecule is CCC(C)C1CCN(C)CC1.COc1cc(N)ccc1C. The third-order valence-corrected chi connectivity index (χ3v) is 4.64. The minimum absolute atomic E-state index is 0.738. The van der Waals surface area contributed by atoms with Gasteiger partial charge in [0.15, 0.2) is 0 Å². The van der Waals surface area contributed by atoms with Gasteiger partial charge in [-0.3, -0.25) is 0 Å². The molecule has 3 heteroatoms. The molecule has 1 aliphatic rings. The van der Waals surface area contributed by atoms with E-state index in [4.69, 9.17) is 10.5 Å². The summed E-state index contributed by atoms with van der Waals surface area (Å²) in [5.74, 6) is 2.81. The number of hydrogen-bond acceptors (Lipinski definition) is 3. The van der Waals surface area contributed by atoms with E-state index < -0.39 is 0 Å². The molecular weight excluding hydrogens is 260 g/mol. The van der Waals surface area contributed by atoms with Gasteiger partial charge in [-0.2, -0.15) is 0 Å². The van der Waals surface area contributed by atoms with Crippen molar-refractivity contribution in [3.8, 4) is 5.75 Å². The zero-order valence-electron chi connectivity index (χ0n) is 14.4. The molecule has 0 saturated carbocycles. The van der Waals surface area contributed by atoms with E-state index in [9.17, 15) is 0 Å². The molecular formula is C18H32N2O. The number of hydrogen-bond donors (Lipinski definition) is 1. The number of piperidine rings is 1. The van der Waals surface area contributed by atoms with Crippen LogP contribution in [0.5, 0.6) is 5.75 Å². The normalized spacial score (nSPS) is 17.8. The molecule has 0 aliphatic carbocycles. The van der Waals surface area contributed by atoms with Gasteiger partial charge in [-0.25, -0.2) is 0 Å². The van der Waals surface area contributed by atoms with Gasteiger partial charge in [-0.15, -0.1) is 0 Å². The van der Waals surface area contributed by atoms with Crippen LogP contribution < -0.4 is 10.5 Å². The first-order valence-electron chi connectivity index (χ1n) is 8.06.